The van der Waals surface area contributed by atoms with Crippen molar-refractivity contribution in [3.8, 4) is 0 Å². The molecule has 33 heavy (non-hydrogen) atoms. The molecule has 1 aromatic heterocycles. The van der Waals surface area contributed by atoms with Gasteiger partial charge in [-0.15, -0.1) is 0 Å². The molecule has 1 amide bonds. The Labute approximate surface area is 192 Å². The summed E-state index contributed by atoms with van der Waals surface area (Å²) in [5.41, 5.74) is 2.66. The van der Waals surface area contributed by atoms with E-state index < -0.39 is 30.4 Å². The highest BCUT2D eigenvalue weighted by Crippen LogP contribution is 2.18. The van der Waals surface area contributed by atoms with Crippen LogP contribution in [0.4, 0.5) is 5.69 Å². The van der Waals surface area contributed by atoms with Gasteiger partial charge >= 0.3 is 17.9 Å². The zero-order valence-electron chi connectivity index (χ0n) is 19.7. The SMILES string of the molecule is COC(=O)c1cc(NC(=O)COC(=O)Cc2c(C)nn(CC(C)C)c2C)cc(C(=O)OC)c1. The van der Waals surface area contributed by atoms with Crippen molar-refractivity contribution in [2.45, 2.75) is 40.7 Å². The second-order valence-corrected chi connectivity index (χ2v) is 7.89. The first-order valence-corrected chi connectivity index (χ1v) is 10.4. The summed E-state index contributed by atoms with van der Waals surface area (Å²) in [7, 11) is 2.39. The highest BCUT2D eigenvalue weighted by atomic mass is 16.5. The van der Waals surface area contributed by atoms with E-state index in [0.29, 0.717) is 5.92 Å². The Morgan fingerprint density at radius 2 is 1.58 bits per heavy atom. The predicted octanol–water partition coefficient (Wildman–Crippen LogP) is 2.45. The van der Waals surface area contributed by atoms with E-state index >= 15 is 0 Å². The van der Waals surface area contributed by atoms with E-state index in [1.165, 1.54) is 32.4 Å². The molecule has 0 unspecified atom stereocenters. The minimum Gasteiger partial charge on any atom is -0.465 e. The van der Waals surface area contributed by atoms with E-state index in [1.807, 2.05) is 18.5 Å². The molecule has 0 saturated heterocycles. The van der Waals surface area contributed by atoms with Crippen LogP contribution in [-0.2, 0) is 36.8 Å². The Kier molecular flexibility index (Phi) is 8.72. The zero-order valence-corrected chi connectivity index (χ0v) is 19.7. The number of amides is 1. The monoisotopic (exact) mass is 459 g/mol. The number of ether oxygens (including phenoxy) is 3. The summed E-state index contributed by atoms with van der Waals surface area (Å²) in [6.07, 6.45) is -0.00659. The van der Waals surface area contributed by atoms with Crippen LogP contribution in [0.25, 0.3) is 0 Å². The van der Waals surface area contributed by atoms with E-state index in [2.05, 4.69) is 33.7 Å². The van der Waals surface area contributed by atoms with Crippen molar-refractivity contribution >= 4 is 29.5 Å². The van der Waals surface area contributed by atoms with Gasteiger partial charge < -0.3 is 19.5 Å². The van der Waals surface area contributed by atoms with Crippen LogP contribution < -0.4 is 5.32 Å². The Hall–Kier alpha value is -3.69. The van der Waals surface area contributed by atoms with Crippen LogP contribution in [-0.4, -0.2) is 54.4 Å². The minimum absolute atomic E-state index is 0.00659. The molecule has 0 bridgehead atoms. The molecule has 0 fully saturated rings. The van der Waals surface area contributed by atoms with Gasteiger partial charge in [-0.3, -0.25) is 14.3 Å². The second-order valence-electron chi connectivity index (χ2n) is 7.89. The maximum atomic E-state index is 12.3. The number of nitrogens with one attached hydrogen (secondary N) is 1. The number of aryl methyl sites for hydroxylation is 1. The smallest absolute Gasteiger partial charge is 0.337 e. The van der Waals surface area contributed by atoms with Crippen LogP contribution >= 0.6 is 0 Å². The molecule has 0 aliphatic carbocycles. The number of esters is 3. The molecular weight excluding hydrogens is 430 g/mol. The largest absolute Gasteiger partial charge is 0.465 e. The Balaban J connectivity index is 2.03. The Morgan fingerprint density at radius 1 is 1.00 bits per heavy atom. The fraction of sp³-hybridized carbons (Fsp3) is 0.435. The average molecular weight is 459 g/mol. The summed E-state index contributed by atoms with van der Waals surface area (Å²) in [5, 5.41) is 6.97. The molecule has 2 rings (SSSR count). The number of carbonyl (C=O) groups excluding carboxylic acids is 4. The normalized spacial score (nSPS) is 10.6. The molecule has 1 N–H and O–H groups in total. The molecule has 10 nitrogen and oxygen atoms in total. The number of hydrogen-bond donors (Lipinski definition) is 1. The Bertz CT molecular complexity index is 1020. The quantitative estimate of drug-likeness (QED) is 0.448. The van der Waals surface area contributed by atoms with Crippen molar-refractivity contribution in [3.05, 3.63) is 46.3 Å². The standard InChI is InChI=1S/C23H29N3O7/c1-13(2)11-26-15(4)19(14(3)25-26)10-21(28)33-12-20(27)24-18-8-16(22(29)31-5)7-17(9-18)23(30)32-6/h7-9,13H,10-12H2,1-6H3,(H,24,27). The molecule has 1 aromatic carbocycles. The number of rotatable bonds is 9. The molecule has 178 valence electrons. The molecule has 0 aliphatic heterocycles. The van der Waals surface area contributed by atoms with Gasteiger partial charge in [0.25, 0.3) is 5.91 Å². The molecule has 0 aliphatic rings. The zero-order chi connectivity index (χ0) is 24.7. The highest BCUT2D eigenvalue weighted by molar-refractivity contribution is 6.00. The van der Waals surface area contributed by atoms with Gasteiger partial charge in [0, 0.05) is 23.5 Å². The number of carbonyl (C=O) groups is 4. The van der Waals surface area contributed by atoms with Gasteiger partial charge in [-0.2, -0.15) is 5.10 Å². The predicted molar refractivity (Wildman–Crippen MR) is 119 cm³/mol. The number of hydrogen-bond acceptors (Lipinski definition) is 8. The van der Waals surface area contributed by atoms with Crippen molar-refractivity contribution in [2.24, 2.45) is 5.92 Å². The van der Waals surface area contributed by atoms with E-state index in [-0.39, 0.29) is 23.2 Å². The Morgan fingerprint density at radius 3 is 2.09 bits per heavy atom. The van der Waals surface area contributed by atoms with Crippen LogP contribution in [0.2, 0.25) is 0 Å². The van der Waals surface area contributed by atoms with E-state index in [9.17, 15) is 19.2 Å². The lowest BCUT2D eigenvalue weighted by molar-refractivity contribution is -0.146. The lowest BCUT2D eigenvalue weighted by Gasteiger charge is -2.10. The summed E-state index contributed by atoms with van der Waals surface area (Å²) in [6.45, 7) is 8.09. The first-order chi connectivity index (χ1) is 15.5. The number of nitrogens with zero attached hydrogens (tertiary/aromatic N) is 2. The maximum Gasteiger partial charge on any atom is 0.337 e. The molecule has 2 aromatic rings. The van der Waals surface area contributed by atoms with E-state index in [1.54, 1.807) is 0 Å². The van der Waals surface area contributed by atoms with Crippen molar-refractivity contribution in [3.63, 3.8) is 0 Å². The van der Waals surface area contributed by atoms with Gasteiger partial charge in [-0.1, -0.05) is 13.8 Å². The van der Waals surface area contributed by atoms with Gasteiger partial charge in [0.1, 0.15) is 0 Å². The van der Waals surface area contributed by atoms with Gasteiger partial charge in [0.15, 0.2) is 6.61 Å². The number of anilines is 1. The van der Waals surface area contributed by atoms with Crippen LogP contribution in [0.1, 0.15) is 51.5 Å². The fourth-order valence-electron chi connectivity index (χ4n) is 3.22. The molecule has 10 heteroatoms. The lowest BCUT2D eigenvalue weighted by Crippen LogP contribution is -2.22. The third kappa shape index (κ3) is 6.90. The first-order valence-electron chi connectivity index (χ1n) is 10.4. The summed E-state index contributed by atoms with van der Waals surface area (Å²) in [4.78, 5) is 48.3. The van der Waals surface area contributed by atoms with Crippen molar-refractivity contribution in [1.29, 1.82) is 0 Å². The van der Waals surface area contributed by atoms with Gasteiger partial charge in [0.2, 0.25) is 0 Å². The average Bonchev–Trinajstić information content (AvgIpc) is 3.02. The fourth-order valence-corrected chi connectivity index (χ4v) is 3.22. The second kappa shape index (κ2) is 11.3. The molecule has 0 atom stereocenters. The lowest BCUT2D eigenvalue weighted by atomic mass is 10.1. The minimum atomic E-state index is -0.688. The number of benzene rings is 1. The van der Waals surface area contributed by atoms with Crippen LogP contribution in [0.3, 0.4) is 0 Å². The number of methoxy groups -OCH3 is 2. The summed E-state index contributed by atoms with van der Waals surface area (Å²) in [5.74, 6) is -2.18. The topological polar surface area (TPSA) is 126 Å². The maximum absolute atomic E-state index is 12.3. The third-order valence-electron chi connectivity index (χ3n) is 4.81. The highest BCUT2D eigenvalue weighted by Gasteiger charge is 2.18. The molecule has 0 saturated carbocycles. The van der Waals surface area contributed by atoms with Gasteiger partial charge in [-0.25, -0.2) is 9.59 Å². The van der Waals surface area contributed by atoms with E-state index in [4.69, 9.17) is 4.74 Å². The van der Waals surface area contributed by atoms with Crippen molar-refractivity contribution < 1.29 is 33.4 Å². The molecule has 0 spiro atoms. The van der Waals surface area contributed by atoms with Crippen LogP contribution in [0, 0.1) is 19.8 Å². The van der Waals surface area contributed by atoms with Gasteiger partial charge in [-0.05, 0) is 38.0 Å². The first kappa shape index (κ1) is 25.6. The summed E-state index contributed by atoms with van der Waals surface area (Å²) in [6, 6.07) is 3.97. The van der Waals surface area contributed by atoms with Crippen LogP contribution in [0.5, 0.6) is 0 Å². The summed E-state index contributed by atoms with van der Waals surface area (Å²) < 4.78 is 16.3. The molecular formula is C23H29N3O7. The van der Waals surface area contributed by atoms with Crippen molar-refractivity contribution in [1.82, 2.24) is 9.78 Å². The van der Waals surface area contributed by atoms with E-state index in [0.717, 1.165) is 23.5 Å². The molecule has 1 heterocycles. The summed E-state index contributed by atoms with van der Waals surface area (Å²) >= 11 is 0. The third-order valence-corrected chi connectivity index (χ3v) is 4.81. The van der Waals surface area contributed by atoms with Crippen LogP contribution in [0.15, 0.2) is 18.2 Å². The van der Waals surface area contributed by atoms with Gasteiger partial charge in [0.05, 0.1) is 37.5 Å². The molecule has 0 radical (unpaired) electrons. The number of aromatic nitrogens is 2. The van der Waals surface area contributed by atoms with Crippen molar-refractivity contribution in [2.75, 3.05) is 26.1 Å².